The van der Waals surface area contributed by atoms with Crippen molar-refractivity contribution in [2.75, 3.05) is 18.9 Å². The first-order chi connectivity index (χ1) is 11.9. The van der Waals surface area contributed by atoms with Gasteiger partial charge in [0, 0.05) is 14.1 Å². The molecule has 0 aliphatic carbocycles. The zero-order valence-corrected chi connectivity index (χ0v) is 16.2. The van der Waals surface area contributed by atoms with Crippen LogP contribution in [0.5, 0.6) is 0 Å². The zero-order chi connectivity index (χ0) is 18.4. The number of guanidine groups is 1. The van der Waals surface area contributed by atoms with Crippen LogP contribution in [0, 0.1) is 17.5 Å². The predicted molar refractivity (Wildman–Crippen MR) is 99.6 cm³/mol. The summed E-state index contributed by atoms with van der Waals surface area (Å²) in [4.78, 5) is 19.7. The number of anilines is 1. The molecule has 2 aromatic rings. The van der Waals surface area contributed by atoms with Crippen molar-refractivity contribution in [1.82, 2.24) is 25.4 Å². The highest BCUT2D eigenvalue weighted by Crippen LogP contribution is 2.19. The van der Waals surface area contributed by atoms with Gasteiger partial charge in [-0.25, -0.2) is 18.2 Å². The second kappa shape index (κ2) is 9.94. The quantitative estimate of drug-likeness (QED) is 0.257. The van der Waals surface area contributed by atoms with E-state index in [4.69, 9.17) is 0 Å². The highest BCUT2D eigenvalue weighted by Gasteiger charge is 2.15. The Kier molecular flexibility index (Phi) is 8.28. The Hall–Kier alpha value is -2.38. The Bertz CT molecular complexity index is 797. The van der Waals surface area contributed by atoms with Gasteiger partial charge >= 0.3 is 0 Å². The molecule has 0 saturated heterocycles. The summed E-state index contributed by atoms with van der Waals surface area (Å²) < 4.78 is 41.0. The van der Waals surface area contributed by atoms with Crippen LogP contribution in [-0.2, 0) is 18.4 Å². The van der Waals surface area contributed by atoms with Crippen molar-refractivity contribution in [3.8, 4) is 0 Å². The number of rotatable bonds is 5. The number of hydrogen-bond acceptors (Lipinski definition) is 4. The smallest absolute Gasteiger partial charge is 0.243 e. The van der Waals surface area contributed by atoms with Crippen molar-refractivity contribution in [3.05, 3.63) is 41.7 Å². The molecule has 0 aliphatic heterocycles. The summed E-state index contributed by atoms with van der Waals surface area (Å²) in [5, 5.41) is 11.7. The maximum atomic E-state index is 13.5. The van der Waals surface area contributed by atoms with Crippen molar-refractivity contribution in [2.24, 2.45) is 12.0 Å². The van der Waals surface area contributed by atoms with Gasteiger partial charge in [0.2, 0.25) is 5.91 Å². The third-order valence-electron chi connectivity index (χ3n) is 3.17. The maximum absolute atomic E-state index is 13.5. The van der Waals surface area contributed by atoms with Gasteiger partial charge in [-0.3, -0.25) is 14.5 Å². The SMILES string of the molecule is CN=C(NCC(=O)Nc1ccc(F)c(F)c1F)NCc1ncnn1C.I. The molecule has 0 aliphatic rings. The Morgan fingerprint density at radius 1 is 1.23 bits per heavy atom. The van der Waals surface area contributed by atoms with Gasteiger partial charge in [-0.1, -0.05) is 0 Å². The van der Waals surface area contributed by atoms with Gasteiger partial charge in [-0.05, 0) is 12.1 Å². The van der Waals surface area contributed by atoms with E-state index in [1.165, 1.54) is 13.4 Å². The average molecular weight is 483 g/mol. The lowest BCUT2D eigenvalue weighted by atomic mass is 10.2. The molecule has 1 aromatic carbocycles. The van der Waals surface area contributed by atoms with Crippen LogP contribution < -0.4 is 16.0 Å². The summed E-state index contributed by atoms with van der Waals surface area (Å²) in [6.07, 6.45) is 1.40. The number of aliphatic imine (C=N–C) groups is 1. The monoisotopic (exact) mass is 483 g/mol. The van der Waals surface area contributed by atoms with Crippen LogP contribution in [-0.4, -0.2) is 40.2 Å². The summed E-state index contributed by atoms with van der Waals surface area (Å²) in [6.45, 7) is 0.0481. The van der Waals surface area contributed by atoms with Crippen molar-refractivity contribution >= 4 is 41.5 Å². The molecule has 1 heterocycles. The van der Waals surface area contributed by atoms with Crippen molar-refractivity contribution in [2.45, 2.75) is 6.54 Å². The van der Waals surface area contributed by atoms with E-state index in [1.54, 1.807) is 11.7 Å². The van der Waals surface area contributed by atoms with E-state index >= 15 is 0 Å². The first-order valence-corrected chi connectivity index (χ1v) is 7.13. The van der Waals surface area contributed by atoms with Gasteiger partial charge in [0.25, 0.3) is 0 Å². The summed E-state index contributed by atoms with van der Waals surface area (Å²) in [5.74, 6) is -4.15. The van der Waals surface area contributed by atoms with Crippen molar-refractivity contribution in [1.29, 1.82) is 0 Å². The fourth-order valence-electron chi connectivity index (χ4n) is 1.84. The lowest BCUT2D eigenvalue weighted by Crippen LogP contribution is -2.41. The van der Waals surface area contributed by atoms with Gasteiger partial charge in [0.15, 0.2) is 23.4 Å². The number of hydrogen-bond donors (Lipinski definition) is 3. The molecule has 0 spiro atoms. The molecule has 1 aromatic heterocycles. The number of nitrogens with zero attached hydrogens (tertiary/aromatic N) is 4. The van der Waals surface area contributed by atoms with E-state index in [1.807, 2.05) is 0 Å². The number of halogens is 4. The number of aromatic nitrogens is 3. The molecule has 2 rings (SSSR count). The molecular weight excluding hydrogens is 466 g/mol. The van der Waals surface area contributed by atoms with Gasteiger partial charge < -0.3 is 16.0 Å². The largest absolute Gasteiger partial charge is 0.349 e. The molecule has 0 saturated carbocycles. The Balaban J connectivity index is 0.00000338. The normalized spacial score (nSPS) is 10.9. The lowest BCUT2D eigenvalue weighted by Gasteiger charge is -2.12. The van der Waals surface area contributed by atoms with Gasteiger partial charge in [0.05, 0.1) is 18.8 Å². The number of carbonyl (C=O) groups excluding carboxylic acids is 1. The van der Waals surface area contributed by atoms with E-state index in [0.717, 1.165) is 12.1 Å². The topological polar surface area (TPSA) is 96.2 Å². The second-order valence-corrected chi connectivity index (χ2v) is 4.85. The summed E-state index contributed by atoms with van der Waals surface area (Å²) in [5.41, 5.74) is -0.451. The summed E-state index contributed by atoms with van der Waals surface area (Å²) >= 11 is 0. The first-order valence-electron chi connectivity index (χ1n) is 7.13. The molecule has 0 unspecified atom stereocenters. The third-order valence-corrected chi connectivity index (χ3v) is 3.17. The minimum atomic E-state index is -1.65. The number of nitrogens with one attached hydrogen (secondary N) is 3. The Labute approximate surface area is 164 Å². The second-order valence-electron chi connectivity index (χ2n) is 4.85. The predicted octanol–water partition coefficient (Wildman–Crippen LogP) is 1.15. The maximum Gasteiger partial charge on any atom is 0.243 e. The molecular formula is C14H17F3IN7O. The number of carbonyl (C=O) groups is 1. The fourth-order valence-corrected chi connectivity index (χ4v) is 1.84. The Morgan fingerprint density at radius 2 is 1.96 bits per heavy atom. The molecule has 0 fully saturated rings. The molecule has 142 valence electrons. The van der Waals surface area contributed by atoms with Crippen molar-refractivity contribution < 1.29 is 18.0 Å². The van der Waals surface area contributed by atoms with Crippen LogP contribution in [0.2, 0.25) is 0 Å². The van der Waals surface area contributed by atoms with Crippen molar-refractivity contribution in [3.63, 3.8) is 0 Å². The molecule has 3 N–H and O–H groups in total. The van der Waals surface area contributed by atoms with E-state index in [0.29, 0.717) is 18.3 Å². The number of benzene rings is 1. The zero-order valence-electron chi connectivity index (χ0n) is 13.9. The van der Waals surface area contributed by atoms with E-state index in [-0.39, 0.29) is 30.5 Å². The van der Waals surface area contributed by atoms with Gasteiger partial charge in [0.1, 0.15) is 12.2 Å². The van der Waals surface area contributed by atoms with Gasteiger partial charge in [-0.2, -0.15) is 5.10 Å². The first kappa shape index (κ1) is 21.7. The minimum absolute atomic E-state index is 0. The molecule has 8 nitrogen and oxygen atoms in total. The third kappa shape index (κ3) is 5.57. The van der Waals surface area contributed by atoms with Gasteiger partial charge in [-0.15, -0.1) is 24.0 Å². The van der Waals surface area contributed by atoms with E-state index in [2.05, 4.69) is 31.0 Å². The molecule has 0 bridgehead atoms. The minimum Gasteiger partial charge on any atom is -0.349 e. The van der Waals surface area contributed by atoms with Crippen LogP contribution in [0.15, 0.2) is 23.5 Å². The van der Waals surface area contributed by atoms with Crippen LogP contribution in [0.3, 0.4) is 0 Å². The fraction of sp³-hybridized carbons (Fsp3) is 0.286. The van der Waals surface area contributed by atoms with Crippen LogP contribution >= 0.6 is 24.0 Å². The van der Waals surface area contributed by atoms with Crippen LogP contribution in [0.1, 0.15) is 5.82 Å². The standard InChI is InChI=1S/C14H16F3N7O.HI/c1-18-14(19-5-10-21-7-22-24(10)2)20-6-11(25)23-9-4-3-8(15)12(16)13(9)17;/h3-4,7H,5-6H2,1-2H3,(H,23,25)(H2,18,19,20);1H. The van der Waals surface area contributed by atoms with Crippen LogP contribution in [0.4, 0.5) is 18.9 Å². The highest BCUT2D eigenvalue weighted by atomic mass is 127. The van der Waals surface area contributed by atoms with Crippen LogP contribution in [0.25, 0.3) is 0 Å². The molecule has 0 radical (unpaired) electrons. The summed E-state index contributed by atoms with van der Waals surface area (Å²) in [6, 6.07) is 1.66. The molecule has 26 heavy (non-hydrogen) atoms. The molecule has 0 atom stereocenters. The number of aryl methyl sites for hydroxylation is 1. The number of amides is 1. The summed E-state index contributed by atoms with van der Waals surface area (Å²) in [7, 11) is 3.23. The van der Waals surface area contributed by atoms with E-state index < -0.39 is 29.0 Å². The lowest BCUT2D eigenvalue weighted by molar-refractivity contribution is -0.115. The molecule has 12 heteroatoms. The highest BCUT2D eigenvalue weighted by molar-refractivity contribution is 14.0. The Morgan fingerprint density at radius 3 is 2.58 bits per heavy atom. The average Bonchev–Trinajstić information content (AvgIpc) is 3.00. The molecule has 1 amide bonds. The van der Waals surface area contributed by atoms with E-state index in [9.17, 15) is 18.0 Å².